The molecule has 1 unspecified atom stereocenters. The van der Waals surface area contributed by atoms with Gasteiger partial charge in [-0.2, -0.15) is 13.2 Å². The number of hydrogen-bond acceptors (Lipinski definition) is 6. The molecule has 4 rings (SSSR count). The Morgan fingerprint density at radius 1 is 1.16 bits per heavy atom. The van der Waals surface area contributed by atoms with Crippen molar-refractivity contribution in [2.24, 2.45) is 0 Å². The third kappa shape index (κ3) is 6.59. The van der Waals surface area contributed by atoms with Crippen molar-refractivity contribution in [3.8, 4) is 16.9 Å². The van der Waals surface area contributed by atoms with E-state index in [4.69, 9.17) is 15.2 Å². The first-order chi connectivity index (χ1) is 18.1. The smallest absolute Gasteiger partial charge is 0.419 e. The fraction of sp³-hybridized carbons (Fsp3) is 0.333. The number of aromatic nitrogens is 1. The van der Waals surface area contributed by atoms with Crippen molar-refractivity contribution in [3.63, 3.8) is 0 Å². The van der Waals surface area contributed by atoms with Gasteiger partial charge in [-0.25, -0.2) is 9.37 Å². The molecule has 2 aromatic carbocycles. The summed E-state index contributed by atoms with van der Waals surface area (Å²) in [5, 5.41) is 2.90. The van der Waals surface area contributed by atoms with Gasteiger partial charge in [-0.15, -0.1) is 0 Å². The van der Waals surface area contributed by atoms with Crippen LogP contribution in [-0.2, 0) is 10.9 Å². The lowest BCUT2D eigenvalue weighted by molar-refractivity contribution is -0.141. The number of alkyl halides is 3. The largest absolute Gasteiger partial charge is 0.482 e. The van der Waals surface area contributed by atoms with E-state index in [1.165, 1.54) is 19.2 Å². The Morgan fingerprint density at radius 3 is 2.55 bits per heavy atom. The van der Waals surface area contributed by atoms with Crippen molar-refractivity contribution < 1.29 is 31.8 Å². The summed E-state index contributed by atoms with van der Waals surface area (Å²) in [7, 11) is 0. The number of carbonyl (C=O) groups is 1. The van der Waals surface area contributed by atoms with Crippen LogP contribution in [0.1, 0.15) is 34.5 Å². The van der Waals surface area contributed by atoms with E-state index in [1.807, 2.05) is 0 Å². The second-order valence-corrected chi connectivity index (χ2v) is 8.86. The normalized spacial score (nSPS) is 15.2. The maximum Gasteiger partial charge on any atom is 0.419 e. The van der Waals surface area contributed by atoms with Crippen LogP contribution in [0, 0.1) is 5.82 Å². The molecule has 2 heterocycles. The molecular weight excluding hydrogens is 504 g/mol. The molecular formula is C27H28F4N4O3. The Hall–Kier alpha value is -3.70. The highest BCUT2D eigenvalue weighted by atomic mass is 19.4. The standard InChI is InChI=1S/C27H28F4N4O3/c1-17(21-3-2-4-22(28)24(21)27(29,30)31)38-23-15-20(16-34-25(23)32)18-5-7-19(8-6-18)26(36)33-9-10-35-11-13-37-14-12-35/h2-8,15-17H,9-14H2,1H3,(H2,32,34)(H,33,36). The molecule has 0 aliphatic carbocycles. The van der Waals surface area contributed by atoms with Crippen LogP contribution >= 0.6 is 0 Å². The minimum Gasteiger partial charge on any atom is -0.482 e. The highest BCUT2D eigenvalue weighted by Gasteiger charge is 2.38. The quantitative estimate of drug-likeness (QED) is 0.409. The van der Waals surface area contributed by atoms with Gasteiger partial charge >= 0.3 is 6.18 Å². The number of anilines is 1. The molecule has 0 spiro atoms. The molecule has 1 fully saturated rings. The van der Waals surface area contributed by atoms with Gasteiger partial charge in [0.15, 0.2) is 11.6 Å². The van der Waals surface area contributed by atoms with Crippen LogP contribution in [0.25, 0.3) is 11.1 Å². The number of benzene rings is 2. The van der Waals surface area contributed by atoms with Gasteiger partial charge in [0.05, 0.1) is 18.8 Å². The number of amides is 1. The molecule has 38 heavy (non-hydrogen) atoms. The van der Waals surface area contributed by atoms with Crippen LogP contribution in [0.15, 0.2) is 54.7 Å². The van der Waals surface area contributed by atoms with Gasteiger partial charge in [0.25, 0.3) is 5.91 Å². The van der Waals surface area contributed by atoms with Crippen LogP contribution < -0.4 is 15.8 Å². The summed E-state index contributed by atoms with van der Waals surface area (Å²) in [6.45, 7) is 5.71. The Bertz CT molecular complexity index is 1260. The summed E-state index contributed by atoms with van der Waals surface area (Å²) in [5.41, 5.74) is 5.94. The van der Waals surface area contributed by atoms with E-state index in [2.05, 4.69) is 15.2 Å². The van der Waals surface area contributed by atoms with Crippen molar-refractivity contribution >= 4 is 11.7 Å². The number of morpholine rings is 1. The van der Waals surface area contributed by atoms with E-state index < -0.39 is 23.7 Å². The lowest BCUT2D eigenvalue weighted by Crippen LogP contribution is -2.41. The van der Waals surface area contributed by atoms with Gasteiger partial charge < -0.3 is 20.5 Å². The van der Waals surface area contributed by atoms with E-state index in [9.17, 15) is 22.4 Å². The first kappa shape index (κ1) is 27.3. The number of rotatable bonds is 8. The average molecular weight is 533 g/mol. The molecule has 3 aromatic rings. The molecule has 0 radical (unpaired) electrons. The summed E-state index contributed by atoms with van der Waals surface area (Å²) in [6, 6.07) is 11.4. The molecule has 1 atom stereocenters. The number of nitrogens with one attached hydrogen (secondary N) is 1. The third-order valence-corrected chi connectivity index (χ3v) is 6.25. The molecule has 3 N–H and O–H groups in total. The Balaban J connectivity index is 1.44. The molecule has 0 saturated carbocycles. The van der Waals surface area contributed by atoms with Gasteiger partial charge in [-0.05, 0) is 36.8 Å². The molecule has 1 amide bonds. The predicted octanol–water partition coefficient (Wildman–Crippen LogP) is 4.69. The minimum absolute atomic E-state index is 0.0261. The Kier molecular flexibility index (Phi) is 8.48. The van der Waals surface area contributed by atoms with E-state index >= 15 is 0 Å². The number of ether oxygens (including phenoxy) is 2. The van der Waals surface area contributed by atoms with E-state index in [-0.39, 0.29) is 23.0 Å². The molecule has 7 nitrogen and oxygen atoms in total. The molecule has 1 aromatic heterocycles. The number of nitrogen functional groups attached to an aromatic ring is 1. The second kappa shape index (κ2) is 11.8. The number of hydrogen-bond donors (Lipinski definition) is 2. The van der Waals surface area contributed by atoms with Crippen LogP contribution in [0.2, 0.25) is 0 Å². The predicted molar refractivity (Wildman–Crippen MR) is 134 cm³/mol. The number of halogens is 4. The second-order valence-electron chi connectivity index (χ2n) is 8.86. The van der Waals surface area contributed by atoms with Gasteiger partial charge in [-0.1, -0.05) is 24.3 Å². The van der Waals surface area contributed by atoms with E-state index in [0.29, 0.717) is 36.4 Å². The summed E-state index contributed by atoms with van der Waals surface area (Å²) in [6.07, 6.45) is -4.56. The third-order valence-electron chi connectivity index (χ3n) is 6.25. The van der Waals surface area contributed by atoms with Crippen molar-refractivity contribution in [1.82, 2.24) is 15.2 Å². The SMILES string of the molecule is CC(Oc1cc(-c2ccc(C(=O)NCCN3CCOCC3)cc2)cnc1N)c1cccc(F)c1C(F)(F)F. The van der Waals surface area contributed by atoms with Crippen LogP contribution in [0.4, 0.5) is 23.4 Å². The number of carbonyl (C=O) groups excluding carboxylic acids is 1. The van der Waals surface area contributed by atoms with Crippen LogP contribution in [-0.4, -0.2) is 55.2 Å². The molecule has 1 saturated heterocycles. The lowest BCUT2D eigenvalue weighted by Gasteiger charge is -2.26. The van der Waals surface area contributed by atoms with E-state index in [1.54, 1.807) is 30.3 Å². The van der Waals surface area contributed by atoms with Crippen molar-refractivity contribution in [2.45, 2.75) is 19.2 Å². The Morgan fingerprint density at radius 2 is 1.87 bits per heavy atom. The van der Waals surface area contributed by atoms with Gasteiger partial charge in [-0.3, -0.25) is 9.69 Å². The van der Waals surface area contributed by atoms with Crippen LogP contribution in [0.3, 0.4) is 0 Å². The van der Waals surface area contributed by atoms with Crippen molar-refractivity contribution in [1.29, 1.82) is 0 Å². The fourth-order valence-corrected chi connectivity index (χ4v) is 4.21. The first-order valence-electron chi connectivity index (χ1n) is 12.1. The maximum absolute atomic E-state index is 14.0. The molecule has 11 heteroatoms. The summed E-state index contributed by atoms with van der Waals surface area (Å²) < 4.78 is 65.4. The number of pyridine rings is 1. The van der Waals surface area contributed by atoms with E-state index in [0.717, 1.165) is 31.8 Å². The molecule has 1 aliphatic heterocycles. The Labute approximate surface area is 217 Å². The zero-order chi connectivity index (χ0) is 27.3. The van der Waals surface area contributed by atoms with Crippen molar-refractivity contribution in [3.05, 3.63) is 77.2 Å². The highest BCUT2D eigenvalue weighted by Crippen LogP contribution is 2.38. The highest BCUT2D eigenvalue weighted by molar-refractivity contribution is 5.94. The molecule has 0 bridgehead atoms. The summed E-state index contributed by atoms with van der Waals surface area (Å²) in [5.74, 6) is -1.55. The monoisotopic (exact) mass is 532 g/mol. The zero-order valence-corrected chi connectivity index (χ0v) is 20.7. The topological polar surface area (TPSA) is 89.7 Å². The number of nitrogens with zero attached hydrogens (tertiary/aromatic N) is 2. The summed E-state index contributed by atoms with van der Waals surface area (Å²) >= 11 is 0. The fourth-order valence-electron chi connectivity index (χ4n) is 4.21. The van der Waals surface area contributed by atoms with Gasteiger partial charge in [0.1, 0.15) is 11.9 Å². The summed E-state index contributed by atoms with van der Waals surface area (Å²) in [4.78, 5) is 18.8. The van der Waals surface area contributed by atoms with Crippen LogP contribution in [0.5, 0.6) is 5.75 Å². The molecule has 202 valence electrons. The first-order valence-corrected chi connectivity index (χ1v) is 12.1. The van der Waals surface area contributed by atoms with Gasteiger partial charge in [0.2, 0.25) is 0 Å². The minimum atomic E-state index is -4.89. The average Bonchev–Trinajstić information content (AvgIpc) is 2.89. The lowest BCUT2D eigenvalue weighted by atomic mass is 10.0. The van der Waals surface area contributed by atoms with Gasteiger partial charge in [0, 0.05) is 49.1 Å². The van der Waals surface area contributed by atoms with Crippen molar-refractivity contribution in [2.75, 3.05) is 45.1 Å². The zero-order valence-electron chi connectivity index (χ0n) is 20.7. The maximum atomic E-state index is 14.0. The molecule has 1 aliphatic rings. The number of nitrogens with two attached hydrogens (primary N) is 1.